The van der Waals surface area contributed by atoms with Crippen molar-refractivity contribution < 1.29 is 9.53 Å². The third kappa shape index (κ3) is 2.59. The zero-order chi connectivity index (χ0) is 16.5. The van der Waals surface area contributed by atoms with Gasteiger partial charge in [-0.3, -0.25) is 4.79 Å². The fourth-order valence-corrected chi connectivity index (χ4v) is 3.39. The number of morpholine rings is 1. The average molecular weight is 324 g/mol. The maximum Gasteiger partial charge on any atom is 0.227 e. The van der Waals surface area contributed by atoms with Crippen LogP contribution in [0.4, 0.5) is 0 Å². The Kier molecular flexibility index (Phi) is 3.82. The van der Waals surface area contributed by atoms with Crippen molar-refractivity contribution >= 4 is 16.9 Å². The molecule has 0 aromatic carbocycles. The Morgan fingerprint density at radius 2 is 2.33 bits per heavy atom. The van der Waals surface area contributed by atoms with Crippen LogP contribution in [0.5, 0.6) is 0 Å². The van der Waals surface area contributed by atoms with Gasteiger partial charge in [-0.25, -0.2) is 4.98 Å². The zero-order valence-corrected chi connectivity index (χ0v) is 13.6. The van der Waals surface area contributed by atoms with Crippen LogP contribution < -0.4 is 0 Å². The van der Waals surface area contributed by atoms with Gasteiger partial charge >= 0.3 is 0 Å². The lowest BCUT2D eigenvalue weighted by Gasteiger charge is -2.36. The second-order valence-electron chi connectivity index (χ2n) is 6.11. The van der Waals surface area contributed by atoms with Crippen LogP contribution in [0.2, 0.25) is 0 Å². The van der Waals surface area contributed by atoms with Crippen LogP contribution >= 0.6 is 0 Å². The summed E-state index contributed by atoms with van der Waals surface area (Å²) in [5, 5.41) is 1.01. The van der Waals surface area contributed by atoms with Crippen molar-refractivity contribution in [3.05, 3.63) is 54.1 Å². The predicted octanol–water partition coefficient (Wildman–Crippen LogP) is 2.04. The number of ether oxygens (including phenoxy) is 1. The molecule has 124 valence electrons. The topological polar surface area (TPSA) is 63.1 Å². The summed E-state index contributed by atoms with van der Waals surface area (Å²) in [5.74, 6) is 0.120. The largest absolute Gasteiger partial charge is 0.377 e. The minimum atomic E-state index is -0.0328. The van der Waals surface area contributed by atoms with Crippen molar-refractivity contribution in [2.45, 2.75) is 12.5 Å². The Balaban J connectivity index is 1.59. The highest BCUT2D eigenvalue weighted by Crippen LogP contribution is 2.26. The first kappa shape index (κ1) is 15.0. The number of nitrogens with one attached hydrogen (secondary N) is 1. The minimum Gasteiger partial charge on any atom is -0.377 e. The molecular weight excluding hydrogens is 304 g/mol. The van der Waals surface area contributed by atoms with E-state index in [0.29, 0.717) is 26.2 Å². The quantitative estimate of drug-likeness (QED) is 0.802. The molecule has 3 aromatic rings. The second-order valence-corrected chi connectivity index (χ2v) is 6.11. The SMILES string of the molecule is Cn1cccc1C1COCCN1C(=O)Cc1c[nH]c2ncccc12. The first-order valence-electron chi connectivity index (χ1n) is 8.13. The number of amides is 1. The van der Waals surface area contributed by atoms with Gasteiger partial charge in [0.1, 0.15) is 5.65 Å². The van der Waals surface area contributed by atoms with E-state index in [9.17, 15) is 4.79 Å². The van der Waals surface area contributed by atoms with Crippen LogP contribution in [0.25, 0.3) is 11.0 Å². The van der Waals surface area contributed by atoms with Crippen LogP contribution in [-0.2, 0) is 23.0 Å². The summed E-state index contributed by atoms with van der Waals surface area (Å²) in [4.78, 5) is 22.3. The molecular formula is C18H20N4O2. The zero-order valence-electron chi connectivity index (χ0n) is 13.6. The molecule has 1 aliphatic heterocycles. The molecule has 1 unspecified atom stereocenters. The molecule has 1 fully saturated rings. The molecule has 0 spiro atoms. The maximum atomic E-state index is 13.0. The molecule has 6 nitrogen and oxygen atoms in total. The van der Waals surface area contributed by atoms with Gasteiger partial charge in [0.25, 0.3) is 0 Å². The molecule has 0 bridgehead atoms. The van der Waals surface area contributed by atoms with E-state index < -0.39 is 0 Å². The number of fused-ring (bicyclic) bond motifs is 1. The van der Waals surface area contributed by atoms with Gasteiger partial charge in [0.15, 0.2) is 0 Å². The lowest BCUT2D eigenvalue weighted by molar-refractivity contribution is -0.139. The summed E-state index contributed by atoms with van der Waals surface area (Å²) < 4.78 is 7.67. The highest BCUT2D eigenvalue weighted by atomic mass is 16.5. The number of carbonyl (C=O) groups is 1. The molecule has 1 aliphatic rings. The molecule has 24 heavy (non-hydrogen) atoms. The van der Waals surface area contributed by atoms with Crippen molar-refractivity contribution in [2.24, 2.45) is 7.05 Å². The van der Waals surface area contributed by atoms with Gasteiger partial charge < -0.3 is 19.2 Å². The molecule has 4 heterocycles. The number of rotatable bonds is 3. The summed E-state index contributed by atoms with van der Waals surface area (Å²) in [6.45, 7) is 1.75. The minimum absolute atomic E-state index is 0.0328. The van der Waals surface area contributed by atoms with E-state index in [1.54, 1.807) is 6.20 Å². The van der Waals surface area contributed by atoms with Crippen LogP contribution in [0.1, 0.15) is 17.3 Å². The number of aromatic amines is 1. The van der Waals surface area contributed by atoms with Crippen LogP contribution in [-0.4, -0.2) is 45.1 Å². The Bertz CT molecular complexity index is 867. The van der Waals surface area contributed by atoms with Gasteiger partial charge in [-0.15, -0.1) is 0 Å². The fourth-order valence-electron chi connectivity index (χ4n) is 3.39. The van der Waals surface area contributed by atoms with E-state index in [2.05, 4.69) is 20.6 Å². The van der Waals surface area contributed by atoms with Gasteiger partial charge in [0.2, 0.25) is 5.91 Å². The summed E-state index contributed by atoms with van der Waals surface area (Å²) >= 11 is 0. The number of carbonyl (C=O) groups excluding carboxylic acids is 1. The molecule has 4 rings (SSSR count). The third-order valence-electron chi connectivity index (χ3n) is 4.65. The van der Waals surface area contributed by atoms with Crippen molar-refractivity contribution in [2.75, 3.05) is 19.8 Å². The van der Waals surface area contributed by atoms with Crippen LogP contribution in [0.15, 0.2) is 42.9 Å². The molecule has 1 saturated heterocycles. The third-order valence-corrected chi connectivity index (χ3v) is 4.65. The molecule has 0 aliphatic carbocycles. The Hall–Kier alpha value is -2.60. The Morgan fingerprint density at radius 3 is 3.17 bits per heavy atom. The number of hydrogen-bond donors (Lipinski definition) is 1. The average Bonchev–Trinajstić information content (AvgIpc) is 3.21. The van der Waals surface area contributed by atoms with Gasteiger partial charge in [-0.2, -0.15) is 0 Å². The van der Waals surface area contributed by atoms with Crippen molar-refractivity contribution in [3.8, 4) is 0 Å². The fraction of sp³-hybridized carbons (Fsp3) is 0.333. The Morgan fingerprint density at radius 1 is 1.42 bits per heavy atom. The molecule has 1 N–H and O–H groups in total. The van der Waals surface area contributed by atoms with Crippen LogP contribution in [0.3, 0.4) is 0 Å². The summed E-state index contributed by atoms with van der Waals surface area (Å²) in [7, 11) is 2.00. The number of hydrogen-bond acceptors (Lipinski definition) is 3. The first-order valence-corrected chi connectivity index (χ1v) is 8.13. The number of H-pyrrole nitrogens is 1. The van der Waals surface area contributed by atoms with E-state index in [1.807, 2.05) is 42.5 Å². The molecule has 1 atom stereocenters. The highest BCUT2D eigenvalue weighted by Gasteiger charge is 2.30. The molecule has 1 amide bonds. The van der Waals surface area contributed by atoms with E-state index in [1.165, 1.54) is 0 Å². The van der Waals surface area contributed by atoms with Gasteiger partial charge in [-0.1, -0.05) is 0 Å². The standard InChI is InChI=1S/C18H20N4O2/c1-21-7-3-5-15(21)16-12-24-9-8-22(16)17(23)10-13-11-20-18-14(13)4-2-6-19-18/h2-7,11,16H,8-10,12H2,1H3,(H,19,20). The summed E-state index contributed by atoms with van der Waals surface area (Å²) in [6, 6.07) is 7.91. The van der Waals surface area contributed by atoms with Crippen molar-refractivity contribution in [1.82, 2.24) is 19.4 Å². The molecule has 0 radical (unpaired) electrons. The van der Waals surface area contributed by atoms with Gasteiger partial charge in [-0.05, 0) is 29.8 Å². The van der Waals surface area contributed by atoms with E-state index in [4.69, 9.17) is 4.74 Å². The van der Waals surface area contributed by atoms with E-state index >= 15 is 0 Å². The first-order chi connectivity index (χ1) is 11.7. The lowest BCUT2D eigenvalue weighted by Crippen LogP contribution is -2.44. The molecule has 6 heteroatoms. The van der Waals surface area contributed by atoms with E-state index in [0.717, 1.165) is 22.3 Å². The highest BCUT2D eigenvalue weighted by molar-refractivity contribution is 5.87. The van der Waals surface area contributed by atoms with Crippen molar-refractivity contribution in [3.63, 3.8) is 0 Å². The maximum absolute atomic E-state index is 13.0. The lowest BCUT2D eigenvalue weighted by atomic mass is 10.1. The number of aryl methyl sites for hydroxylation is 1. The normalized spacial score (nSPS) is 18.2. The smallest absolute Gasteiger partial charge is 0.227 e. The number of aromatic nitrogens is 3. The summed E-state index contributed by atoms with van der Waals surface area (Å²) in [6.07, 6.45) is 6.00. The van der Waals surface area contributed by atoms with Gasteiger partial charge in [0.05, 0.1) is 25.7 Å². The van der Waals surface area contributed by atoms with Crippen molar-refractivity contribution in [1.29, 1.82) is 0 Å². The predicted molar refractivity (Wildman–Crippen MR) is 90.5 cm³/mol. The molecule has 3 aromatic heterocycles. The van der Waals surface area contributed by atoms with Crippen LogP contribution in [0, 0.1) is 0 Å². The monoisotopic (exact) mass is 324 g/mol. The molecule has 0 saturated carbocycles. The summed E-state index contributed by atoms with van der Waals surface area (Å²) in [5.41, 5.74) is 2.91. The number of pyridine rings is 1. The second kappa shape index (κ2) is 6.13. The number of nitrogens with zero attached hydrogens (tertiary/aromatic N) is 3. The van der Waals surface area contributed by atoms with Gasteiger partial charge in [0, 0.05) is 43.3 Å². The Labute approximate surface area is 140 Å². The van der Waals surface area contributed by atoms with E-state index in [-0.39, 0.29) is 11.9 Å².